The fraction of sp³-hybridized carbons (Fsp3) is 0.643. The van der Waals surface area contributed by atoms with E-state index in [9.17, 15) is 14.9 Å². The van der Waals surface area contributed by atoms with E-state index in [1.807, 2.05) is 0 Å². The van der Waals surface area contributed by atoms with Gasteiger partial charge in [-0.05, 0) is 32.1 Å². The van der Waals surface area contributed by atoms with Gasteiger partial charge in [-0.15, -0.1) is 0 Å². The van der Waals surface area contributed by atoms with E-state index in [0.717, 1.165) is 32.1 Å². The smallest absolute Gasteiger partial charge is 0.287 e. The average molecular weight is 292 g/mol. The van der Waals surface area contributed by atoms with Gasteiger partial charge in [0.25, 0.3) is 11.6 Å². The zero-order valence-corrected chi connectivity index (χ0v) is 11.9. The van der Waals surface area contributed by atoms with Gasteiger partial charge in [-0.1, -0.05) is 0 Å². The number of carbonyl (C=O) groups is 1. The van der Waals surface area contributed by atoms with Crippen LogP contribution in [0, 0.1) is 10.1 Å². The normalized spacial score (nSPS) is 22.3. The molecule has 0 bridgehead atoms. The second-order valence-electron chi connectivity index (χ2n) is 5.86. The Balaban J connectivity index is 1.91. The molecule has 1 aliphatic carbocycles. The van der Waals surface area contributed by atoms with E-state index < -0.39 is 4.92 Å². The van der Waals surface area contributed by atoms with E-state index in [2.05, 4.69) is 0 Å². The van der Waals surface area contributed by atoms with Crippen LogP contribution in [0.15, 0.2) is 12.3 Å². The average Bonchev–Trinajstić information content (AvgIpc) is 3.24. The van der Waals surface area contributed by atoms with Crippen molar-refractivity contribution in [2.24, 2.45) is 5.73 Å². The highest BCUT2D eigenvalue weighted by atomic mass is 16.6. The van der Waals surface area contributed by atoms with Crippen LogP contribution < -0.4 is 5.73 Å². The van der Waals surface area contributed by atoms with Gasteiger partial charge in [-0.25, -0.2) is 0 Å². The Labute approximate surface area is 122 Å². The van der Waals surface area contributed by atoms with E-state index in [-0.39, 0.29) is 23.7 Å². The van der Waals surface area contributed by atoms with Crippen LogP contribution >= 0.6 is 0 Å². The quantitative estimate of drug-likeness (QED) is 0.674. The monoisotopic (exact) mass is 292 g/mol. The molecule has 2 N–H and O–H groups in total. The minimum atomic E-state index is -0.438. The Morgan fingerprint density at radius 1 is 1.38 bits per heavy atom. The third-order valence-electron chi connectivity index (χ3n) is 4.36. The Morgan fingerprint density at radius 2 is 2.14 bits per heavy atom. The summed E-state index contributed by atoms with van der Waals surface area (Å²) in [6, 6.07) is 1.69. The largest absolute Gasteiger partial charge is 0.334 e. The number of nitrogens with zero attached hydrogens (tertiary/aromatic N) is 3. The number of nitro groups is 1. The van der Waals surface area contributed by atoms with E-state index in [1.54, 1.807) is 9.47 Å². The fourth-order valence-corrected chi connectivity index (χ4v) is 3.05. The van der Waals surface area contributed by atoms with Crippen LogP contribution in [0.1, 0.15) is 48.6 Å². The molecule has 2 fully saturated rings. The number of hydrogen-bond acceptors (Lipinski definition) is 4. The summed E-state index contributed by atoms with van der Waals surface area (Å²) < 4.78 is 1.78. The van der Waals surface area contributed by atoms with Gasteiger partial charge < -0.3 is 15.2 Å². The van der Waals surface area contributed by atoms with Gasteiger partial charge in [0.1, 0.15) is 5.69 Å². The summed E-state index contributed by atoms with van der Waals surface area (Å²) in [5, 5.41) is 11.0. The van der Waals surface area contributed by atoms with Crippen LogP contribution in [-0.2, 0) is 0 Å². The van der Waals surface area contributed by atoms with Crippen LogP contribution in [0.25, 0.3) is 0 Å². The lowest BCUT2D eigenvalue weighted by atomic mass is 10.0. The highest BCUT2D eigenvalue weighted by Gasteiger charge is 2.34. The number of amides is 1. The highest BCUT2D eigenvalue weighted by Crippen LogP contribution is 2.38. The molecule has 1 atom stereocenters. The molecule has 114 valence electrons. The molecule has 1 saturated carbocycles. The van der Waals surface area contributed by atoms with Gasteiger partial charge in [0.15, 0.2) is 0 Å². The topological polar surface area (TPSA) is 94.4 Å². The predicted octanol–water partition coefficient (Wildman–Crippen LogP) is 1.68. The maximum atomic E-state index is 12.8. The first-order valence-electron chi connectivity index (χ1n) is 7.49. The lowest BCUT2D eigenvalue weighted by Crippen LogP contribution is -2.47. The van der Waals surface area contributed by atoms with Gasteiger partial charge in [-0.2, -0.15) is 0 Å². The van der Waals surface area contributed by atoms with Crippen molar-refractivity contribution in [1.29, 1.82) is 0 Å². The molecule has 0 radical (unpaired) electrons. The van der Waals surface area contributed by atoms with Crippen LogP contribution in [-0.4, -0.2) is 39.4 Å². The summed E-state index contributed by atoms with van der Waals surface area (Å²) in [4.78, 5) is 25.1. The van der Waals surface area contributed by atoms with E-state index in [4.69, 9.17) is 5.73 Å². The molecule has 1 amide bonds. The second kappa shape index (κ2) is 5.48. The molecule has 1 aliphatic heterocycles. The molecule has 1 aromatic rings. The zero-order chi connectivity index (χ0) is 15.0. The minimum Gasteiger partial charge on any atom is -0.334 e. The molecule has 7 nitrogen and oxygen atoms in total. The Hall–Kier alpha value is -1.89. The Bertz CT molecular complexity index is 565. The minimum absolute atomic E-state index is 0.00782. The number of hydrogen-bond donors (Lipinski definition) is 1. The Kier molecular flexibility index (Phi) is 3.67. The SMILES string of the molecule is NCC1CCCCN1C(=O)c1cc([N+](=O)[O-])cn1C1CC1. The van der Waals surface area contributed by atoms with Gasteiger partial charge in [0.2, 0.25) is 0 Å². The third-order valence-corrected chi connectivity index (χ3v) is 4.36. The summed E-state index contributed by atoms with van der Waals surface area (Å²) in [6.45, 7) is 1.13. The van der Waals surface area contributed by atoms with Crippen LogP contribution in [0.5, 0.6) is 0 Å². The standard InChI is InChI=1S/C14H20N4O3/c15-8-11-3-1-2-6-16(11)14(19)13-7-12(18(20)21)9-17(13)10-4-5-10/h7,9-11H,1-6,8,15H2. The number of aromatic nitrogens is 1. The lowest BCUT2D eigenvalue weighted by Gasteiger charge is -2.35. The summed E-state index contributed by atoms with van der Waals surface area (Å²) in [7, 11) is 0. The molecule has 1 unspecified atom stereocenters. The molecular weight excluding hydrogens is 272 g/mol. The van der Waals surface area contributed by atoms with Gasteiger partial charge in [-0.3, -0.25) is 14.9 Å². The molecule has 0 spiro atoms. The van der Waals surface area contributed by atoms with Gasteiger partial charge in [0.05, 0.1) is 11.1 Å². The first kappa shape index (κ1) is 14.1. The molecular formula is C14H20N4O3. The maximum absolute atomic E-state index is 12.8. The van der Waals surface area contributed by atoms with Crippen molar-refractivity contribution in [3.8, 4) is 0 Å². The number of carbonyl (C=O) groups excluding carboxylic acids is 1. The predicted molar refractivity (Wildman–Crippen MR) is 77.1 cm³/mol. The molecule has 1 aromatic heterocycles. The fourth-order valence-electron chi connectivity index (χ4n) is 3.05. The second-order valence-corrected chi connectivity index (χ2v) is 5.86. The van der Waals surface area contributed by atoms with Crippen molar-refractivity contribution in [3.05, 3.63) is 28.1 Å². The first-order chi connectivity index (χ1) is 10.1. The zero-order valence-electron chi connectivity index (χ0n) is 11.9. The van der Waals surface area contributed by atoms with Crippen molar-refractivity contribution in [3.63, 3.8) is 0 Å². The number of rotatable bonds is 4. The molecule has 2 aliphatic rings. The molecule has 1 saturated heterocycles. The van der Waals surface area contributed by atoms with E-state index in [1.165, 1.54) is 12.3 Å². The highest BCUT2D eigenvalue weighted by molar-refractivity contribution is 5.94. The molecule has 7 heteroatoms. The number of likely N-dealkylation sites (tertiary alicyclic amines) is 1. The van der Waals surface area contributed by atoms with E-state index >= 15 is 0 Å². The number of nitrogens with two attached hydrogens (primary N) is 1. The molecule has 2 heterocycles. The van der Waals surface area contributed by atoms with Crippen LogP contribution in [0.4, 0.5) is 5.69 Å². The summed E-state index contributed by atoms with van der Waals surface area (Å²) in [5.41, 5.74) is 6.19. The molecule has 0 aromatic carbocycles. The van der Waals surface area contributed by atoms with Crippen molar-refractivity contribution in [2.75, 3.05) is 13.1 Å². The van der Waals surface area contributed by atoms with Crippen molar-refractivity contribution < 1.29 is 9.72 Å². The summed E-state index contributed by atoms with van der Waals surface area (Å²) in [5.74, 6) is -0.120. The van der Waals surface area contributed by atoms with Crippen molar-refractivity contribution >= 4 is 11.6 Å². The Morgan fingerprint density at radius 3 is 2.76 bits per heavy atom. The molecule has 21 heavy (non-hydrogen) atoms. The maximum Gasteiger partial charge on any atom is 0.287 e. The number of piperidine rings is 1. The van der Waals surface area contributed by atoms with Crippen LogP contribution in [0.2, 0.25) is 0 Å². The first-order valence-corrected chi connectivity index (χ1v) is 7.49. The van der Waals surface area contributed by atoms with E-state index in [0.29, 0.717) is 18.8 Å². The summed E-state index contributed by atoms with van der Waals surface area (Å²) >= 11 is 0. The lowest BCUT2D eigenvalue weighted by molar-refractivity contribution is -0.384. The van der Waals surface area contributed by atoms with Gasteiger partial charge >= 0.3 is 0 Å². The summed E-state index contributed by atoms with van der Waals surface area (Å²) in [6.07, 6.45) is 6.41. The van der Waals surface area contributed by atoms with Crippen molar-refractivity contribution in [1.82, 2.24) is 9.47 Å². The van der Waals surface area contributed by atoms with Crippen molar-refractivity contribution in [2.45, 2.75) is 44.2 Å². The third kappa shape index (κ3) is 2.65. The van der Waals surface area contributed by atoms with Gasteiger partial charge in [0, 0.05) is 31.2 Å². The van der Waals surface area contributed by atoms with Crippen LogP contribution in [0.3, 0.4) is 0 Å². The molecule has 3 rings (SSSR count).